The summed E-state index contributed by atoms with van der Waals surface area (Å²) in [6, 6.07) is 9.22. The summed E-state index contributed by atoms with van der Waals surface area (Å²) in [5.74, 6) is 0.251. The van der Waals surface area contributed by atoms with Gasteiger partial charge in [0.1, 0.15) is 6.33 Å². The van der Waals surface area contributed by atoms with Crippen LogP contribution < -0.4 is 16.2 Å². The van der Waals surface area contributed by atoms with E-state index in [9.17, 15) is 10.1 Å². The fraction of sp³-hybridized carbons (Fsp3) is 0.286. The minimum absolute atomic E-state index is 0.0862. The molecule has 9 nitrogen and oxygen atoms in total. The van der Waals surface area contributed by atoms with Gasteiger partial charge in [-0.2, -0.15) is 0 Å². The first-order valence-corrected chi connectivity index (χ1v) is 7.01. The van der Waals surface area contributed by atoms with E-state index in [0.29, 0.717) is 19.6 Å². The summed E-state index contributed by atoms with van der Waals surface area (Å²) in [6.07, 6.45) is 1.98. The molecule has 0 bridgehead atoms. The van der Waals surface area contributed by atoms with Gasteiger partial charge in [0.2, 0.25) is 11.6 Å². The molecular weight excluding hydrogens is 300 g/mol. The lowest BCUT2D eigenvalue weighted by molar-refractivity contribution is -0.383. The number of nitrogens with zero attached hydrogens (tertiary/aromatic N) is 3. The molecule has 3 N–H and O–H groups in total. The number of aromatic nitrogens is 2. The lowest BCUT2D eigenvalue weighted by Gasteiger charge is -2.11. The van der Waals surface area contributed by atoms with E-state index < -0.39 is 4.92 Å². The fourth-order valence-corrected chi connectivity index (χ4v) is 1.85. The smallest absolute Gasteiger partial charge is 0.354 e. The first-order valence-electron chi connectivity index (χ1n) is 7.01. The first kappa shape index (κ1) is 16.4. The Hall–Kier alpha value is -2.94. The Morgan fingerprint density at radius 3 is 2.61 bits per heavy atom. The maximum Gasteiger partial charge on any atom is 0.354 e. The molecular formula is C14H18N6O3. The first-order chi connectivity index (χ1) is 11.2. The van der Waals surface area contributed by atoms with Crippen LogP contribution in [0.25, 0.3) is 0 Å². The Labute approximate surface area is 133 Å². The Morgan fingerprint density at radius 1 is 1.17 bits per heavy atom. The van der Waals surface area contributed by atoms with E-state index in [0.717, 1.165) is 5.69 Å². The van der Waals surface area contributed by atoms with Crippen LogP contribution in [0.4, 0.5) is 23.0 Å². The van der Waals surface area contributed by atoms with Crippen molar-refractivity contribution in [2.75, 3.05) is 36.4 Å². The minimum Gasteiger partial charge on any atom is -0.385 e. The standard InChI is InChI=1S/C14H18N6O3/c1-23-9-5-8-15-13-12(20(21)22)14(17-10-16-13)19-18-11-6-3-2-4-7-11/h2-4,6-7,10,18H,5,8-9H2,1H3,(H2,15,16,17,19). The van der Waals surface area contributed by atoms with Crippen LogP contribution in [0.1, 0.15) is 6.42 Å². The predicted molar refractivity (Wildman–Crippen MR) is 87.4 cm³/mol. The van der Waals surface area contributed by atoms with Crippen molar-refractivity contribution in [3.05, 3.63) is 46.8 Å². The van der Waals surface area contributed by atoms with Crippen LogP contribution >= 0.6 is 0 Å². The molecule has 0 spiro atoms. The molecule has 0 atom stereocenters. The van der Waals surface area contributed by atoms with E-state index >= 15 is 0 Å². The van der Waals surface area contributed by atoms with E-state index in [1.54, 1.807) is 7.11 Å². The summed E-state index contributed by atoms with van der Waals surface area (Å²) in [4.78, 5) is 18.7. The van der Waals surface area contributed by atoms with Crippen molar-refractivity contribution in [2.24, 2.45) is 0 Å². The van der Waals surface area contributed by atoms with Crippen molar-refractivity contribution in [3.63, 3.8) is 0 Å². The van der Waals surface area contributed by atoms with Crippen LogP contribution in [0, 0.1) is 10.1 Å². The number of rotatable bonds is 9. The highest BCUT2D eigenvalue weighted by atomic mass is 16.6. The van der Waals surface area contributed by atoms with Gasteiger partial charge in [-0.15, -0.1) is 0 Å². The van der Waals surface area contributed by atoms with Gasteiger partial charge in [0.05, 0.1) is 10.6 Å². The largest absolute Gasteiger partial charge is 0.385 e. The molecule has 2 rings (SSSR count). The zero-order valence-electron chi connectivity index (χ0n) is 12.7. The summed E-state index contributed by atoms with van der Waals surface area (Å²) < 4.78 is 4.94. The lowest BCUT2D eigenvalue weighted by Crippen LogP contribution is -2.14. The molecule has 0 amide bonds. The third kappa shape index (κ3) is 4.78. The highest BCUT2D eigenvalue weighted by molar-refractivity contribution is 5.70. The quantitative estimate of drug-likeness (QED) is 0.366. The maximum atomic E-state index is 11.3. The number of anilines is 3. The second kappa shape index (κ2) is 8.49. The highest BCUT2D eigenvalue weighted by Crippen LogP contribution is 2.28. The topological polar surface area (TPSA) is 114 Å². The van der Waals surface area contributed by atoms with Gasteiger partial charge in [-0.3, -0.25) is 21.0 Å². The van der Waals surface area contributed by atoms with Gasteiger partial charge < -0.3 is 10.1 Å². The second-order valence-electron chi connectivity index (χ2n) is 4.57. The van der Waals surface area contributed by atoms with Crippen LogP contribution in [0.15, 0.2) is 36.7 Å². The molecule has 0 radical (unpaired) electrons. The number of ether oxygens (including phenoxy) is 1. The molecule has 1 aromatic heterocycles. The highest BCUT2D eigenvalue weighted by Gasteiger charge is 2.22. The molecule has 1 aromatic carbocycles. The second-order valence-corrected chi connectivity index (χ2v) is 4.57. The van der Waals surface area contributed by atoms with Gasteiger partial charge in [0.25, 0.3) is 0 Å². The van der Waals surface area contributed by atoms with Crippen molar-refractivity contribution in [1.82, 2.24) is 9.97 Å². The Balaban J connectivity index is 2.10. The third-order valence-electron chi connectivity index (χ3n) is 2.92. The van der Waals surface area contributed by atoms with Crippen LogP contribution in [0.3, 0.4) is 0 Å². The molecule has 23 heavy (non-hydrogen) atoms. The molecule has 122 valence electrons. The van der Waals surface area contributed by atoms with Crippen LogP contribution in [-0.2, 0) is 4.74 Å². The molecule has 0 aliphatic heterocycles. The Bertz CT molecular complexity index is 638. The van der Waals surface area contributed by atoms with Gasteiger partial charge in [0.15, 0.2) is 0 Å². The summed E-state index contributed by atoms with van der Waals surface area (Å²) >= 11 is 0. The van der Waals surface area contributed by atoms with Gasteiger partial charge in [-0.05, 0) is 18.6 Å². The molecule has 1 heterocycles. The van der Waals surface area contributed by atoms with Crippen LogP contribution in [-0.4, -0.2) is 35.2 Å². The van der Waals surface area contributed by atoms with Crippen molar-refractivity contribution in [3.8, 4) is 0 Å². The van der Waals surface area contributed by atoms with E-state index in [1.165, 1.54) is 6.33 Å². The van der Waals surface area contributed by atoms with E-state index in [2.05, 4.69) is 26.1 Å². The molecule has 0 aliphatic carbocycles. The number of nitro groups is 1. The van der Waals surface area contributed by atoms with Crippen LogP contribution in [0.5, 0.6) is 0 Å². The normalized spacial score (nSPS) is 10.1. The summed E-state index contributed by atoms with van der Waals surface area (Å²) in [6.45, 7) is 1.07. The lowest BCUT2D eigenvalue weighted by atomic mass is 10.3. The van der Waals surface area contributed by atoms with Crippen molar-refractivity contribution >= 4 is 23.0 Å². The maximum absolute atomic E-state index is 11.3. The molecule has 0 fully saturated rings. The molecule has 0 unspecified atom stereocenters. The van der Waals surface area contributed by atoms with Crippen LogP contribution in [0.2, 0.25) is 0 Å². The van der Waals surface area contributed by atoms with Crippen molar-refractivity contribution < 1.29 is 9.66 Å². The van der Waals surface area contributed by atoms with Gasteiger partial charge in [-0.1, -0.05) is 18.2 Å². The third-order valence-corrected chi connectivity index (χ3v) is 2.92. The number of hydrogen-bond acceptors (Lipinski definition) is 8. The monoisotopic (exact) mass is 318 g/mol. The molecule has 0 aliphatic rings. The molecule has 9 heteroatoms. The van der Waals surface area contributed by atoms with E-state index in [1.807, 2.05) is 30.3 Å². The van der Waals surface area contributed by atoms with Gasteiger partial charge >= 0.3 is 5.69 Å². The van der Waals surface area contributed by atoms with E-state index in [4.69, 9.17) is 4.74 Å². The fourth-order valence-electron chi connectivity index (χ4n) is 1.85. The summed E-state index contributed by atoms with van der Waals surface area (Å²) in [5, 5.41) is 14.3. The van der Waals surface area contributed by atoms with Gasteiger partial charge in [-0.25, -0.2) is 9.97 Å². The van der Waals surface area contributed by atoms with E-state index in [-0.39, 0.29) is 17.3 Å². The average molecular weight is 318 g/mol. The number of nitrogens with one attached hydrogen (secondary N) is 3. The number of hydrazine groups is 1. The Morgan fingerprint density at radius 2 is 1.91 bits per heavy atom. The molecule has 0 saturated heterocycles. The molecule has 2 aromatic rings. The number of hydrogen-bond donors (Lipinski definition) is 3. The van der Waals surface area contributed by atoms with Gasteiger partial charge in [0, 0.05) is 20.3 Å². The minimum atomic E-state index is -0.520. The van der Waals surface area contributed by atoms with Crippen molar-refractivity contribution in [2.45, 2.75) is 6.42 Å². The predicted octanol–water partition coefficient (Wildman–Crippen LogP) is 2.27. The average Bonchev–Trinajstić information content (AvgIpc) is 2.57. The Kier molecular flexibility index (Phi) is 6.07. The zero-order valence-corrected chi connectivity index (χ0v) is 12.7. The van der Waals surface area contributed by atoms with Crippen molar-refractivity contribution in [1.29, 1.82) is 0 Å². The number of para-hydroxylation sites is 1. The zero-order chi connectivity index (χ0) is 16.5. The molecule has 0 saturated carbocycles. The summed E-state index contributed by atoms with van der Waals surface area (Å²) in [7, 11) is 1.60. The number of benzene rings is 1. The number of methoxy groups -OCH3 is 1. The summed E-state index contributed by atoms with van der Waals surface area (Å²) in [5.41, 5.74) is 6.16. The SMILES string of the molecule is COCCCNc1ncnc(NNc2ccccc2)c1[N+](=O)[O-].